The maximum Gasteiger partial charge on any atom is 0.231 e. The van der Waals surface area contributed by atoms with Gasteiger partial charge in [-0.05, 0) is 69.0 Å². The first-order chi connectivity index (χ1) is 17.1. The van der Waals surface area contributed by atoms with Gasteiger partial charge in [-0.2, -0.15) is 0 Å². The molecule has 0 spiro atoms. The number of carbonyl (C=O) groups is 1. The Kier molecular flexibility index (Phi) is 10.4. The van der Waals surface area contributed by atoms with Crippen molar-refractivity contribution in [2.24, 2.45) is 5.92 Å². The Morgan fingerprint density at radius 3 is 2.67 bits per heavy atom. The second kappa shape index (κ2) is 13.7. The Hall–Kier alpha value is -3.31. The van der Waals surface area contributed by atoms with Crippen molar-refractivity contribution >= 4 is 40.6 Å². The van der Waals surface area contributed by atoms with Crippen LogP contribution in [0.25, 0.3) is 10.9 Å². The summed E-state index contributed by atoms with van der Waals surface area (Å²) in [6, 6.07) is 17.6. The predicted octanol–water partition coefficient (Wildman–Crippen LogP) is 7.41. The first-order valence-electron chi connectivity index (χ1n) is 12.6. The molecule has 1 atom stereocenters. The molecule has 0 saturated heterocycles. The number of nitrogens with one attached hydrogen (secondary N) is 1. The molecule has 1 unspecified atom stereocenters. The van der Waals surface area contributed by atoms with Crippen LogP contribution in [0.4, 0.5) is 11.4 Å². The number of nitrogen functional groups attached to an aromatic ring is 1. The average molecular weight is 506 g/mol. The lowest BCUT2D eigenvalue weighted by Crippen LogP contribution is -2.25. The first kappa shape index (κ1) is 27.3. The number of rotatable bonds is 11. The summed E-state index contributed by atoms with van der Waals surface area (Å²) in [6.07, 6.45) is 13.6. The van der Waals surface area contributed by atoms with Crippen LogP contribution in [-0.4, -0.2) is 17.5 Å². The van der Waals surface area contributed by atoms with Crippen molar-refractivity contribution in [2.75, 3.05) is 17.7 Å². The number of nitrogens with zero attached hydrogens (tertiary/aromatic N) is 1. The van der Waals surface area contributed by atoms with Gasteiger partial charge in [0.2, 0.25) is 5.91 Å². The third-order valence-electron chi connectivity index (χ3n) is 6.44. The van der Waals surface area contributed by atoms with E-state index in [1.165, 1.54) is 12.0 Å². The number of pyridine rings is 1. The number of hydrogen-bond acceptors (Lipinski definition) is 4. The van der Waals surface area contributed by atoms with Crippen LogP contribution in [0.15, 0.2) is 78.4 Å². The molecule has 0 radical (unpaired) electrons. The number of allylic oxidation sites excluding steroid dienone is 3. The molecule has 2 aromatic carbocycles. The zero-order chi connectivity index (χ0) is 24.5. The van der Waals surface area contributed by atoms with E-state index in [4.69, 9.17) is 10.5 Å². The fourth-order valence-corrected chi connectivity index (χ4v) is 4.57. The number of unbranched alkanes of at least 4 members (excludes halogenated alkanes) is 4. The minimum Gasteiger partial charge on any atom is -0.494 e. The van der Waals surface area contributed by atoms with Gasteiger partial charge in [-0.25, -0.2) is 0 Å². The first-order valence-corrected chi connectivity index (χ1v) is 12.6. The highest BCUT2D eigenvalue weighted by Crippen LogP contribution is 2.29. The predicted molar refractivity (Wildman–Crippen MR) is 152 cm³/mol. The quantitative estimate of drug-likeness (QED) is 0.266. The van der Waals surface area contributed by atoms with Gasteiger partial charge in [-0.15, -0.1) is 12.4 Å². The molecule has 36 heavy (non-hydrogen) atoms. The summed E-state index contributed by atoms with van der Waals surface area (Å²) in [5.74, 6) is 0.855. The Bertz CT molecular complexity index is 1210. The van der Waals surface area contributed by atoms with E-state index in [2.05, 4.69) is 28.5 Å². The number of fused-ring (bicyclic) bond motifs is 1. The topological polar surface area (TPSA) is 77.2 Å². The maximum atomic E-state index is 13.1. The van der Waals surface area contributed by atoms with Gasteiger partial charge in [0.05, 0.1) is 18.0 Å². The van der Waals surface area contributed by atoms with Gasteiger partial charge in [-0.3, -0.25) is 9.78 Å². The molecule has 5 nitrogen and oxygen atoms in total. The third-order valence-corrected chi connectivity index (χ3v) is 6.44. The Morgan fingerprint density at radius 1 is 1.06 bits per heavy atom. The SMILES string of the molecule is Cc1cc(N)c2cc(NC(=O)C3CC=CC=C3CCCCCCCOc3ccccc3)ccc2n1.Cl. The summed E-state index contributed by atoms with van der Waals surface area (Å²) in [6.45, 7) is 2.69. The number of halogens is 1. The molecule has 1 aliphatic rings. The van der Waals surface area contributed by atoms with Gasteiger partial charge in [-0.1, -0.05) is 61.3 Å². The molecule has 3 aromatic rings. The summed E-state index contributed by atoms with van der Waals surface area (Å²) in [5, 5.41) is 3.97. The van der Waals surface area contributed by atoms with Crippen LogP contribution in [0.2, 0.25) is 0 Å². The second-order valence-corrected chi connectivity index (χ2v) is 9.21. The van der Waals surface area contributed by atoms with Crippen molar-refractivity contribution in [3.8, 4) is 5.75 Å². The monoisotopic (exact) mass is 505 g/mol. The molecule has 0 bridgehead atoms. The highest BCUT2D eigenvalue weighted by molar-refractivity contribution is 5.99. The number of para-hydroxylation sites is 1. The number of aryl methyl sites for hydroxylation is 1. The van der Waals surface area contributed by atoms with E-state index in [9.17, 15) is 4.79 Å². The molecule has 1 heterocycles. The van der Waals surface area contributed by atoms with E-state index >= 15 is 0 Å². The zero-order valence-electron chi connectivity index (χ0n) is 20.9. The van der Waals surface area contributed by atoms with E-state index in [0.29, 0.717) is 5.69 Å². The Morgan fingerprint density at radius 2 is 1.83 bits per heavy atom. The molecule has 0 aliphatic heterocycles. The van der Waals surface area contributed by atoms with E-state index in [0.717, 1.165) is 73.2 Å². The summed E-state index contributed by atoms with van der Waals surface area (Å²) in [4.78, 5) is 17.7. The third kappa shape index (κ3) is 7.59. The van der Waals surface area contributed by atoms with Crippen molar-refractivity contribution in [3.05, 3.63) is 84.1 Å². The van der Waals surface area contributed by atoms with Crippen LogP contribution in [-0.2, 0) is 4.79 Å². The lowest BCUT2D eigenvalue weighted by Gasteiger charge is -2.21. The van der Waals surface area contributed by atoms with Crippen LogP contribution >= 0.6 is 12.4 Å². The van der Waals surface area contributed by atoms with Crippen LogP contribution in [0, 0.1) is 12.8 Å². The molecular formula is C30H36ClN3O2. The number of carbonyl (C=O) groups excluding carboxylic acids is 1. The molecule has 190 valence electrons. The number of ether oxygens (including phenoxy) is 1. The van der Waals surface area contributed by atoms with Gasteiger partial charge in [0.25, 0.3) is 0 Å². The second-order valence-electron chi connectivity index (χ2n) is 9.21. The molecule has 6 heteroatoms. The molecule has 1 aromatic heterocycles. The smallest absolute Gasteiger partial charge is 0.231 e. The van der Waals surface area contributed by atoms with E-state index in [1.807, 2.05) is 61.5 Å². The average Bonchev–Trinajstić information content (AvgIpc) is 2.87. The number of nitrogens with two attached hydrogens (primary N) is 1. The number of benzene rings is 2. The molecule has 1 amide bonds. The molecule has 0 fully saturated rings. The minimum atomic E-state index is -0.122. The fraction of sp³-hybridized carbons (Fsp3) is 0.333. The Balaban J connectivity index is 0.00000361. The van der Waals surface area contributed by atoms with Crippen LogP contribution in [0.1, 0.15) is 50.6 Å². The van der Waals surface area contributed by atoms with Crippen LogP contribution in [0.3, 0.4) is 0 Å². The fourth-order valence-electron chi connectivity index (χ4n) is 4.57. The number of aromatic nitrogens is 1. The Labute approximate surface area is 220 Å². The highest BCUT2D eigenvalue weighted by Gasteiger charge is 2.23. The van der Waals surface area contributed by atoms with Gasteiger partial charge >= 0.3 is 0 Å². The van der Waals surface area contributed by atoms with Crippen molar-refractivity contribution < 1.29 is 9.53 Å². The summed E-state index contributed by atoms with van der Waals surface area (Å²) in [5.41, 5.74) is 10.6. The molecule has 0 saturated carbocycles. The zero-order valence-corrected chi connectivity index (χ0v) is 21.7. The maximum absolute atomic E-state index is 13.1. The summed E-state index contributed by atoms with van der Waals surface area (Å²) in [7, 11) is 0. The highest BCUT2D eigenvalue weighted by atomic mass is 35.5. The standard InChI is InChI=1S/C30H35N3O2.ClH/c1-22-20-28(31)27-21-24(17-18-29(27)32-22)33-30(34)26-16-10-9-13-23(26)12-6-3-2-4-11-19-35-25-14-7-5-8-15-25;/h5,7-10,13-15,17-18,20-21,26H,2-4,6,11-12,16,19H2,1H3,(H2,31,32)(H,33,34);1H. The van der Waals surface area contributed by atoms with Crippen molar-refractivity contribution in [1.29, 1.82) is 0 Å². The number of anilines is 2. The summed E-state index contributed by atoms with van der Waals surface area (Å²) >= 11 is 0. The molecular weight excluding hydrogens is 470 g/mol. The lowest BCUT2D eigenvalue weighted by molar-refractivity contribution is -0.118. The van der Waals surface area contributed by atoms with Crippen molar-refractivity contribution in [2.45, 2.75) is 51.9 Å². The van der Waals surface area contributed by atoms with Gasteiger partial charge in [0.15, 0.2) is 0 Å². The minimum absolute atomic E-state index is 0. The molecule has 3 N–H and O–H groups in total. The van der Waals surface area contributed by atoms with E-state index in [1.54, 1.807) is 0 Å². The van der Waals surface area contributed by atoms with Gasteiger partial charge in [0.1, 0.15) is 5.75 Å². The van der Waals surface area contributed by atoms with Crippen LogP contribution in [0.5, 0.6) is 5.75 Å². The van der Waals surface area contributed by atoms with E-state index in [-0.39, 0.29) is 24.2 Å². The molecule has 1 aliphatic carbocycles. The van der Waals surface area contributed by atoms with Gasteiger partial charge < -0.3 is 15.8 Å². The molecule has 4 rings (SSSR count). The van der Waals surface area contributed by atoms with Crippen molar-refractivity contribution in [1.82, 2.24) is 4.98 Å². The van der Waals surface area contributed by atoms with Crippen LogP contribution < -0.4 is 15.8 Å². The van der Waals surface area contributed by atoms with Crippen molar-refractivity contribution in [3.63, 3.8) is 0 Å². The lowest BCUT2D eigenvalue weighted by atomic mass is 9.87. The number of hydrogen-bond donors (Lipinski definition) is 2. The largest absolute Gasteiger partial charge is 0.494 e. The van der Waals surface area contributed by atoms with Gasteiger partial charge in [0, 0.05) is 22.5 Å². The van der Waals surface area contributed by atoms with E-state index < -0.39 is 0 Å². The number of amides is 1. The normalized spacial score (nSPS) is 14.7. The summed E-state index contributed by atoms with van der Waals surface area (Å²) < 4.78 is 5.76.